The summed E-state index contributed by atoms with van der Waals surface area (Å²) in [5, 5.41) is 0. The van der Waals surface area contributed by atoms with E-state index in [-0.39, 0.29) is 30.6 Å². The van der Waals surface area contributed by atoms with Crippen LogP contribution in [0.15, 0.2) is 0 Å². The zero-order valence-corrected chi connectivity index (χ0v) is 13.5. The molecule has 0 N–H and O–H groups in total. The van der Waals surface area contributed by atoms with Crippen molar-refractivity contribution in [2.75, 3.05) is 32.8 Å². The maximum Gasteiger partial charge on any atom is 0.306 e. The SMILES string of the molecule is CCOC(=O)CCC(=O)N1CCN(C(=O)C(C)(C)C)CC1. The molecule has 120 valence electrons. The van der Waals surface area contributed by atoms with E-state index >= 15 is 0 Å². The number of piperazine rings is 1. The number of hydrogen-bond acceptors (Lipinski definition) is 4. The number of esters is 1. The van der Waals surface area contributed by atoms with Gasteiger partial charge in [-0.15, -0.1) is 0 Å². The zero-order chi connectivity index (χ0) is 16.0. The molecule has 0 unspecified atom stereocenters. The Bertz CT molecular complexity index is 393. The molecule has 0 aromatic rings. The average Bonchev–Trinajstić information content (AvgIpc) is 2.43. The summed E-state index contributed by atoms with van der Waals surface area (Å²) < 4.78 is 4.80. The van der Waals surface area contributed by atoms with Crippen molar-refractivity contribution in [3.05, 3.63) is 0 Å². The van der Waals surface area contributed by atoms with E-state index in [9.17, 15) is 14.4 Å². The second kappa shape index (κ2) is 7.43. The minimum atomic E-state index is -0.393. The van der Waals surface area contributed by atoms with Crippen LogP contribution in [0.25, 0.3) is 0 Å². The van der Waals surface area contributed by atoms with Gasteiger partial charge < -0.3 is 14.5 Å². The van der Waals surface area contributed by atoms with E-state index < -0.39 is 5.41 Å². The summed E-state index contributed by atoms with van der Waals surface area (Å²) in [6.45, 7) is 9.94. The fraction of sp³-hybridized carbons (Fsp3) is 0.800. The van der Waals surface area contributed by atoms with Gasteiger partial charge in [0.25, 0.3) is 0 Å². The van der Waals surface area contributed by atoms with Gasteiger partial charge in [0.05, 0.1) is 13.0 Å². The highest BCUT2D eigenvalue weighted by Crippen LogP contribution is 2.18. The molecule has 1 rings (SSSR count). The van der Waals surface area contributed by atoms with Gasteiger partial charge in [-0.1, -0.05) is 20.8 Å². The van der Waals surface area contributed by atoms with E-state index in [1.165, 1.54) is 0 Å². The quantitative estimate of drug-likeness (QED) is 0.728. The van der Waals surface area contributed by atoms with Crippen molar-refractivity contribution in [3.8, 4) is 0 Å². The van der Waals surface area contributed by atoms with Crippen molar-refractivity contribution < 1.29 is 19.1 Å². The van der Waals surface area contributed by atoms with Crippen LogP contribution in [0.2, 0.25) is 0 Å². The summed E-state index contributed by atoms with van der Waals surface area (Å²) in [6, 6.07) is 0. The molecule has 1 heterocycles. The first-order valence-corrected chi connectivity index (χ1v) is 7.48. The van der Waals surface area contributed by atoms with Gasteiger partial charge >= 0.3 is 5.97 Å². The first-order valence-electron chi connectivity index (χ1n) is 7.48. The Morgan fingerprint density at radius 3 is 1.95 bits per heavy atom. The highest BCUT2D eigenvalue weighted by atomic mass is 16.5. The Labute approximate surface area is 126 Å². The van der Waals surface area contributed by atoms with E-state index in [4.69, 9.17) is 4.74 Å². The molecule has 1 fully saturated rings. The number of nitrogens with zero attached hydrogens (tertiary/aromatic N) is 2. The summed E-state index contributed by atoms with van der Waals surface area (Å²) in [5.41, 5.74) is -0.393. The standard InChI is InChI=1S/C15H26N2O4/c1-5-21-13(19)7-6-12(18)16-8-10-17(11-9-16)14(20)15(2,3)4/h5-11H2,1-4H3. The molecule has 0 saturated carbocycles. The molecule has 1 aliphatic rings. The number of rotatable bonds is 4. The summed E-state index contributed by atoms with van der Waals surface area (Å²) in [6.07, 6.45) is 0.292. The molecule has 0 aromatic carbocycles. The number of carbonyl (C=O) groups is 3. The van der Waals surface area contributed by atoms with Gasteiger partial charge in [-0.3, -0.25) is 14.4 Å². The van der Waals surface area contributed by atoms with E-state index in [2.05, 4.69) is 0 Å². The van der Waals surface area contributed by atoms with Gasteiger partial charge in [-0.05, 0) is 6.92 Å². The summed E-state index contributed by atoms with van der Waals surface area (Å²) in [5.74, 6) is -0.278. The predicted molar refractivity (Wildman–Crippen MR) is 78.5 cm³/mol. The lowest BCUT2D eigenvalue weighted by molar-refractivity contribution is -0.147. The third kappa shape index (κ3) is 5.36. The third-order valence-corrected chi connectivity index (χ3v) is 3.41. The smallest absolute Gasteiger partial charge is 0.306 e. The molecule has 0 bridgehead atoms. The van der Waals surface area contributed by atoms with Gasteiger partial charge in [0, 0.05) is 38.0 Å². The minimum Gasteiger partial charge on any atom is -0.466 e. The summed E-state index contributed by atoms with van der Waals surface area (Å²) >= 11 is 0. The van der Waals surface area contributed by atoms with Crippen molar-refractivity contribution in [1.82, 2.24) is 9.80 Å². The second-order valence-corrected chi connectivity index (χ2v) is 6.23. The highest BCUT2D eigenvalue weighted by Gasteiger charge is 2.30. The predicted octanol–water partition coefficient (Wildman–Crippen LogP) is 1.05. The van der Waals surface area contributed by atoms with Crippen LogP contribution in [0.3, 0.4) is 0 Å². The maximum absolute atomic E-state index is 12.1. The zero-order valence-electron chi connectivity index (χ0n) is 13.5. The van der Waals surface area contributed by atoms with Crippen molar-refractivity contribution in [2.45, 2.75) is 40.5 Å². The number of amides is 2. The van der Waals surface area contributed by atoms with Gasteiger partial charge in [0.15, 0.2) is 0 Å². The van der Waals surface area contributed by atoms with Crippen LogP contribution in [-0.4, -0.2) is 60.4 Å². The van der Waals surface area contributed by atoms with E-state index in [0.717, 1.165) is 0 Å². The monoisotopic (exact) mass is 298 g/mol. The molecular weight excluding hydrogens is 272 g/mol. The third-order valence-electron chi connectivity index (χ3n) is 3.41. The van der Waals surface area contributed by atoms with E-state index in [0.29, 0.717) is 32.8 Å². The molecule has 0 atom stereocenters. The summed E-state index contributed by atoms with van der Waals surface area (Å²) in [7, 11) is 0. The molecule has 6 nitrogen and oxygen atoms in total. The number of ether oxygens (including phenoxy) is 1. The normalized spacial score (nSPS) is 15.8. The van der Waals surface area contributed by atoms with Gasteiger partial charge in [-0.2, -0.15) is 0 Å². The van der Waals surface area contributed by atoms with Crippen LogP contribution in [0, 0.1) is 5.41 Å². The minimum absolute atomic E-state index is 0.0501. The Morgan fingerprint density at radius 2 is 1.48 bits per heavy atom. The highest BCUT2D eigenvalue weighted by molar-refractivity contribution is 5.83. The van der Waals surface area contributed by atoms with Gasteiger partial charge in [0.1, 0.15) is 0 Å². The van der Waals surface area contributed by atoms with Crippen LogP contribution in [0.1, 0.15) is 40.5 Å². The van der Waals surface area contributed by atoms with Crippen molar-refractivity contribution in [2.24, 2.45) is 5.41 Å². The molecule has 0 aromatic heterocycles. The molecule has 0 spiro atoms. The Morgan fingerprint density at radius 1 is 0.952 bits per heavy atom. The molecule has 6 heteroatoms. The fourth-order valence-corrected chi connectivity index (χ4v) is 2.23. The molecule has 1 aliphatic heterocycles. The largest absolute Gasteiger partial charge is 0.466 e. The Kier molecular flexibility index (Phi) is 6.18. The van der Waals surface area contributed by atoms with E-state index in [1.807, 2.05) is 20.8 Å². The molecule has 1 saturated heterocycles. The number of carbonyl (C=O) groups excluding carboxylic acids is 3. The molecule has 21 heavy (non-hydrogen) atoms. The van der Waals surface area contributed by atoms with Crippen LogP contribution < -0.4 is 0 Å². The Balaban J connectivity index is 2.37. The van der Waals surface area contributed by atoms with Crippen LogP contribution in [0.5, 0.6) is 0 Å². The lowest BCUT2D eigenvalue weighted by atomic mass is 9.94. The Hall–Kier alpha value is -1.59. The van der Waals surface area contributed by atoms with Crippen molar-refractivity contribution >= 4 is 17.8 Å². The first-order chi connectivity index (χ1) is 9.75. The van der Waals surface area contributed by atoms with Crippen LogP contribution in [0.4, 0.5) is 0 Å². The fourth-order valence-electron chi connectivity index (χ4n) is 2.23. The molecule has 0 radical (unpaired) electrons. The van der Waals surface area contributed by atoms with E-state index in [1.54, 1.807) is 16.7 Å². The lowest BCUT2D eigenvalue weighted by Gasteiger charge is -2.37. The van der Waals surface area contributed by atoms with Gasteiger partial charge in [-0.25, -0.2) is 0 Å². The van der Waals surface area contributed by atoms with Crippen molar-refractivity contribution in [1.29, 1.82) is 0 Å². The second-order valence-electron chi connectivity index (χ2n) is 6.23. The number of hydrogen-bond donors (Lipinski definition) is 0. The lowest BCUT2D eigenvalue weighted by Crippen LogP contribution is -2.53. The first kappa shape index (κ1) is 17.5. The maximum atomic E-state index is 12.1. The average molecular weight is 298 g/mol. The van der Waals surface area contributed by atoms with Gasteiger partial charge in [0.2, 0.25) is 11.8 Å². The molecular formula is C15H26N2O4. The molecule has 2 amide bonds. The summed E-state index contributed by atoms with van der Waals surface area (Å²) in [4.78, 5) is 38.9. The van der Waals surface area contributed by atoms with Crippen LogP contribution >= 0.6 is 0 Å². The van der Waals surface area contributed by atoms with Crippen molar-refractivity contribution in [3.63, 3.8) is 0 Å². The topological polar surface area (TPSA) is 66.9 Å². The van der Waals surface area contributed by atoms with Crippen LogP contribution in [-0.2, 0) is 19.1 Å². The molecule has 0 aliphatic carbocycles.